The first-order valence-electron chi connectivity index (χ1n) is 5.04. The standard InChI is InChI=1S/C13H10BrFOS/c14-11-5-3-4-10(8-11)9-17(16)13-7-2-1-6-12(13)15/h1-8H,9H2. The molecule has 0 aliphatic heterocycles. The van der Waals surface area contributed by atoms with E-state index in [-0.39, 0.29) is 4.90 Å². The maximum atomic E-state index is 13.4. The second-order valence-electron chi connectivity index (χ2n) is 3.55. The molecule has 0 radical (unpaired) electrons. The van der Waals surface area contributed by atoms with E-state index in [1.807, 2.05) is 24.3 Å². The van der Waals surface area contributed by atoms with Crippen LogP contribution in [0.15, 0.2) is 57.9 Å². The molecule has 1 unspecified atom stereocenters. The van der Waals surface area contributed by atoms with Gasteiger partial charge in [-0.25, -0.2) is 4.39 Å². The number of benzene rings is 2. The van der Waals surface area contributed by atoms with Gasteiger partial charge in [-0.3, -0.25) is 4.21 Å². The van der Waals surface area contributed by atoms with E-state index in [4.69, 9.17) is 0 Å². The average Bonchev–Trinajstić information content (AvgIpc) is 2.29. The molecule has 0 aliphatic rings. The molecule has 0 spiro atoms. The average molecular weight is 313 g/mol. The van der Waals surface area contributed by atoms with Gasteiger partial charge < -0.3 is 0 Å². The smallest absolute Gasteiger partial charge is 0.139 e. The normalized spacial score (nSPS) is 12.4. The molecule has 0 saturated carbocycles. The molecule has 0 aliphatic carbocycles. The molecule has 2 aromatic carbocycles. The molecule has 4 heteroatoms. The van der Waals surface area contributed by atoms with Crippen molar-refractivity contribution >= 4 is 26.7 Å². The van der Waals surface area contributed by atoms with Crippen LogP contribution >= 0.6 is 15.9 Å². The molecule has 0 fully saturated rings. The molecule has 1 atom stereocenters. The van der Waals surface area contributed by atoms with Crippen LogP contribution in [0.3, 0.4) is 0 Å². The Morgan fingerprint density at radius 1 is 1.12 bits per heavy atom. The molecule has 0 N–H and O–H groups in total. The predicted octanol–water partition coefficient (Wildman–Crippen LogP) is 3.90. The summed E-state index contributed by atoms with van der Waals surface area (Å²) in [6.45, 7) is 0. The molecule has 2 aromatic rings. The van der Waals surface area contributed by atoms with Crippen molar-refractivity contribution < 1.29 is 8.60 Å². The van der Waals surface area contributed by atoms with Crippen LogP contribution in [0.1, 0.15) is 5.56 Å². The van der Waals surface area contributed by atoms with Gasteiger partial charge in [0.1, 0.15) is 5.82 Å². The minimum absolute atomic E-state index is 0.257. The second-order valence-corrected chi connectivity index (χ2v) is 5.89. The lowest BCUT2D eigenvalue weighted by atomic mass is 10.2. The highest BCUT2D eigenvalue weighted by Crippen LogP contribution is 2.18. The van der Waals surface area contributed by atoms with Crippen molar-refractivity contribution in [1.82, 2.24) is 0 Å². The Kier molecular flexibility index (Phi) is 4.07. The van der Waals surface area contributed by atoms with Crippen LogP contribution in [0.2, 0.25) is 0 Å². The fourth-order valence-corrected chi connectivity index (χ4v) is 3.09. The molecule has 0 aromatic heterocycles. The van der Waals surface area contributed by atoms with E-state index in [0.29, 0.717) is 5.75 Å². The molecular weight excluding hydrogens is 303 g/mol. The van der Waals surface area contributed by atoms with Gasteiger partial charge in [-0.2, -0.15) is 0 Å². The Bertz CT molecular complexity index is 557. The summed E-state index contributed by atoms with van der Waals surface area (Å²) in [5.41, 5.74) is 0.918. The highest BCUT2D eigenvalue weighted by atomic mass is 79.9. The van der Waals surface area contributed by atoms with Gasteiger partial charge in [-0.15, -0.1) is 0 Å². The lowest BCUT2D eigenvalue weighted by Crippen LogP contribution is -1.99. The van der Waals surface area contributed by atoms with Crippen LogP contribution in [-0.4, -0.2) is 4.21 Å². The van der Waals surface area contributed by atoms with Crippen molar-refractivity contribution in [1.29, 1.82) is 0 Å². The minimum Gasteiger partial charge on any atom is -0.254 e. The Morgan fingerprint density at radius 3 is 2.59 bits per heavy atom. The van der Waals surface area contributed by atoms with Crippen molar-refractivity contribution in [2.24, 2.45) is 0 Å². The van der Waals surface area contributed by atoms with Gasteiger partial charge in [-0.1, -0.05) is 40.2 Å². The summed E-state index contributed by atoms with van der Waals surface area (Å²) in [4.78, 5) is 0.257. The summed E-state index contributed by atoms with van der Waals surface area (Å²) in [5, 5.41) is 0. The van der Waals surface area contributed by atoms with Crippen molar-refractivity contribution in [3.05, 3.63) is 64.4 Å². The lowest BCUT2D eigenvalue weighted by Gasteiger charge is -2.04. The fraction of sp³-hybridized carbons (Fsp3) is 0.0769. The molecule has 0 amide bonds. The largest absolute Gasteiger partial charge is 0.254 e. The van der Waals surface area contributed by atoms with Crippen molar-refractivity contribution in [3.63, 3.8) is 0 Å². The van der Waals surface area contributed by atoms with Gasteiger partial charge in [0.25, 0.3) is 0 Å². The quantitative estimate of drug-likeness (QED) is 0.840. The van der Waals surface area contributed by atoms with Crippen LogP contribution in [0.5, 0.6) is 0 Å². The van der Waals surface area contributed by atoms with Crippen LogP contribution in [0.25, 0.3) is 0 Å². The van der Waals surface area contributed by atoms with Gasteiger partial charge in [0, 0.05) is 4.47 Å². The van der Waals surface area contributed by atoms with Crippen LogP contribution in [0, 0.1) is 5.82 Å². The van der Waals surface area contributed by atoms with Crippen molar-refractivity contribution in [3.8, 4) is 0 Å². The van der Waals surface area contributed by atoms with E-state index in [2.05, 4.69) is 15.9 Å². The summed E-state index contributed by atoms with van der Waals surface area (Å²) in [7, 11) is -1.35. The molecule has 2 rings (SSSR count). The van der Waals surface area contributed by atoms with Gasteiger partial charge in [0.05, 0.1) is 21.4 Å². The van der Waals surface area contributed by atoms with Crippen molar-refractivity contribution in [2.45, 2.75) is 10.6 Å². The SMILES string of the molecule is O=S(Cc1cccc(Br)c1)c1ccccc1F. The number of halogens is 2. The molecule has 0 bridgehead atoms. The minimum atomic E-state index is -1.35. The number of rotatable bonds is 3. The van der Waals surface area contributed by atoms with E-state index >= 15 is 0 Å². The Morgan fingerprint density at radius 2 is 1.88 bits per heavy atom. The van der Waals surface area contributed by atoms with Gasteiger partial charge >= 0.3 is 0 Å². The third kappa shape index (κ3) is 3.23. The monoisotopic (exact) mass is 312 g/mol. The zero-order valence-corrected chi connectivity index (χ0v) is 11.3. The van der Waals surface area contributed by atoms with E-state index in [9.17, 15) is 8.60 Å². The third-order valence-corrected chi connectivity index (χ3v) is 4.18. The maximum Gasteiger partial charge on any atom is 0.139 e. The molecule has 17 heavy (non-hydrogen) atoms. The summed E-state index contributed by atoms with van der Waals surface area (Å²) in [6, 6.07) is 13.7. The molecule has 0 saturated heterocycles. The van der Waals surface area contributed by atoms with E-state index < -0.39 is 16.6 Å². The number of hydrogen-bond donors (Lipinski definition) is 0. The van der Waals surface area contributed by atoms with Crippen LogP contribution in [0.4, 0.5) is 4.39 Å². The molecular formula is C13H10BrFOS. The van der Waals surface area contributed by atoms with Crippen molar-refractivity contribution in [2.75, 3.05) is 0 Å². The first-order valence-corrected chi connectivity index (χ1v) is 7.15. The third-order valence-electron chi connectivity index (χ3n) is 2.27. The highest BCUT2D eigenvalue weighted by Gasteiger charge is 2.09. The van der Waals surface area contributed by atoms with Gasteiger partial charge in [0.2, 0.25) is 0 Å². The van der Waals surface area contributed by atoms with Crippen LogP contribution < -0.4 is 0 Å². The molecule has 88 valence electrons. The van der Waals surface area contributed by atoms with Gasteiger partial charge in [-0.05, 0) is 29.8 Å². The Labute approximate surface area is 110 Å². The van der Waals surface area contributed by atoms with E-state index in [0.717, 1.165) is 10.0 Å². The first-order chi connectivity index (χ1) is 8.16. The van der Waals surface area contributed by atoms with E-state index in [1.54, 1.807) is 18.2 Å². The fourth-order valence-electron chi connectivity index (χ4n) is 1.49. The molecule has 0 heterocycles. The summed E-state index contributed by atoms with van der Waals surface area (Å²) >= 11 is 3.35. The maximum absolute atomic E-state index is 13.4. The van der Waals surface area contributed by atoms with Crippen LogP contribution in [-0.2, 0) is 16.6 Å². The summed E-state index contributed by atoms with van der Waals surface area (Å²) in [6.07, 6.45) is 0. The lowest BCUT2D eigenvalue weighted by molar-refractivity contribution is 0.595. The van der Waals surface area contributed by atoms with Gasteiger partial charge in [0.15, 0.2) is 0 Å². The number of hydrogen-bond acceptors (Lipinski definition) is 1. The second kappa shape index (κ2) is 5.56. The highest BCUT2D eigenvalue weighted by molar-refractivity contribution is 9.10. The predicted molar refractivity (Wildman–Crippen MR) is 70.7 cm³/mol. The zero-order valence-electron chi connectivity index (χ0n) is 8.90. The first kappa shape index (κ1) is 12.5. The Balaban J connectivity index is 2.20. The topological polar surface area (TPSA) is 17.1 Å². The molecule has 1 nitrogen and oxygen atoms in total. The summed E-state index contributed by atoms with van der Waals surface area (Å²) in [5.74, 6) is -0.0961. The van der Waals surface area contributed by atoms with E-state index in [1.165, 1.54) is 6.07 Å². The zero-order chi connectivity index (χ0) is 12.3. The Hall–Kier alpha value is -1.00. The summed E-state index contributed by atoms with van der Waals surface area (Å²) < 4.78 is 26.4.